The van der Waals surface area contributed by atoms with E-state index in [1.807, 2.05) is 19.9 Å². The van der Waals surface area contributed by atoms with Crippen LogP contribution in [-0.2, 0) is 102 Å². The summed E-state index contributed by atoms with van der Waals surface area (Å²) in [5, 5.41) is 15.0. The molecule has 0 aliphatic carbocycles. The Bertz CT molecular complexity index is 2660. The predicted molar refractivity (Wildman–Crippen MR) is 338 cm³/mol. The van der Waals surface area contributed by atoms with Crippen molar-refractivity contribution in [2.24, 2.45) is 5.92 Å². The number of carbonyl (C=O) groups excluding carboxylic acids is 8. The minimum absolute atomic E-state index is 0.0378. The van der Waals surface area contributed by atoms with Gasteiger partial charge in [-0.05, 0) is 51.3 Å². The first kappa shape index (κ1) is 78.2. The van der Waals surface area contributed by atoms with E-state index in [4.69, 9.17) is 78.0 Å². The van der Waals surface area contributed by atoms with Crippen molar-refractivity contribution in [2.45, 2.75) is 133 Å². The van der Waals surface area contributed by atoms with Gasteiger partial charge >= 0.3 is 18.0 Å². The van der Waals surface area contributed by atoms with E-state index in [1.165, 1.54) is 49.8 Å². The zero-order valence-corrected chi connectivity index (χ0v) is 56.9. The number of likely N-dealkylation sites (N-methyl/N-ethyl adjacent to an activating group) is 2. The summed E-state index contributed by atoms with van der Waals surface area (Å²) in [6.45, 7) is 14.8. The van der Waals surface area contributed by atoms with Crippen LogP contribution in [0.25, 0.3) is 0 Å². The van der Waals surface area contributed by atoms with E-state index >= 15 is 0 Å². The molecular weight excluding hydrogens is 1260 g/mol. The number of fused-ring (bicyclic) bond motifs is 5. The Hall–Kier alpha value is -5.54. The molecule has 1 aromatic rings. The largest absolute Gasteiger partial charge is 0.495 e. The fraction of sp³-hybridized carbons (Fsp3) is 0.714. The number of nitrogens with one attached hydrogen (secondary N) is 1. The Balaban J connectivity index is 0.915. The third-order valence-electron chi connectivity index (χ3n) is 16.0. The molecule has 4 heterocycles. The summed E-state index contributed by atoms with van der Waals surface area (Å²) in [4.78, 5) is 112. The molecule has 5 rings (SSSR count). The van der Waals surface area contributed by atoms with Crippen molar-refractivity contribution >= 4 is 76.6 Å². The molecule has 4 bridgehead atoms. The van der Waals surface area contributed by atoms with E-state index < -0.39 is 83.5 Å². The Morgan fingerprint density at radius 1 is 0.796 bits per heavy atom. The first-order chi connectivity index (χ1) is 44.4. The minimum Gasteiger partial charge on any atom is -0.495 e. The number of methoxy groups -OCH3 is 2. The molecule has 0 radical (unpaired) electrons. The maximum Gasteiger partial charge on any atom is 0.409 e. The summed E-state index contributed by atoms with van der Waals surface area (Å²) < 4.78 is 73.5. The van der Waals surface area contributed by atoms with Gasteiger partial charge in [-0.2, -0.15) is 0 Å². The second-order valence-electron chi connectivity index (χ2n) is 23.1. The van der Waals surface area contributed by atoms with Gasteiger partial charge in [0, 0.05) is 71.6 Å². The molecule has 0 spiro atoms. The summed E-state index contributed by atoms with van der Waals surface area (Å²) in [6.07, 6.45) is 0.986. The van der Waals surface area contributed by atoms with Gasteiger partial charge in [-0.1, -0.05) is 49.2 Å². The van der Waals surface area contributed by atoms with Gasteiger partial charge in [0.2, 0.25) is 17.7 Å². The normalized spacial score (nSPS) is 24.0. The topological polar surface area (TPSA) is 314 Å². The van der Waals surface area contributed by atoms with Gasteiger partial charge in [-0.3, -0.25) is 29.3 Å². The molecule has 93 heavy (non-hydrogen) atoms. The smallest absolute Gasteiger partial charge is 0.409 e. The SMILES string of the molecule is COc1cc2cc(c1Cl)N(C)C(=O)C[C@H](OC(=O)[C@H](C)N(C)C(=O)CCC(C)SCC(=O)N(C)CCOCCOCCOCCOCCOCCOCCOCCOCCC(=O)ON1C(=O)CCC1=O)[C@]1(C)O[C@H]1[C@H](C)[C@@H]1C[C@@](O)(NC(=O)O1)[C@H](OC)/C=C/C=C(\C)C2. The molecule has 1 unspecified atom stereocenters. The Morgan fingerprint density at radius 2 is 1.34 bits per heavy atom. The van der Waals surface area contributed by atoms with Crippen molar-refractivity contribution in [1.82, 2.24) is 20.2 Å². The van der Waals surface area contributed by atoms with Crippen LogP contribution in [0.1, 0.15) is 85.1 Å². The molecule has 9 atom stereocenters. The van der Waals surface area contributed by atoms with Crippen molar-refractivity contribution < 1.29 is 110 Å². The fourth-order valence-corrected chi connectivity index (χ4v) is 11.3. The number of anilines is 1. The molecule has 6 amide bonds. The summed E-state index contributed by atoms with van der Waals surface area (Å²) in [6, 6.07) is 2.47. The molecule has 4 aliphatic rings. The number of esters is 1. The average molecular weight is 1360 g/mol. The monoisotopic (exact) mass is 1360 g/mol. The molecule has 3 saturated heterocycles. The Labute approximate surface area is 553 Å². The van der Waals surface area contributed by atoms with Crippen LogP contribution in [0.3, 0.4) is 0 Å². The number of ether oxygens (including phenoxy) is 13. The second-order valence-corrected chi connectivity index (χ2v) is 24.9. The van der Waals surface area contributed by atoms with E-state index in [1.54, 1.807) is 57.1 Å². The highest BCUT2D eigenvalue weighted by Crippen LogP contribution is 2.49. The lowest BCUT2D eigenvalue weighted by molar-refractivity contribution is -0.198. The molecule has 1 aromatic carbocycles. The number of rotatable bonds is 39. The third kappa shape index (κ3) is 25.5. The zero-order chi connectivity index (χ0) is 68.1. The molecule has 28 nitrogen and oxygen atoms in total. The number of benzene rings is 1. The van der Waals surface area contributed by atoms with Crippen molar-refractivity contribution in [1.29, 1.82) is 0 Å². The highest BCUT2D eigenvalue weighted by atomic mass is 35.5. The van der Waals surface area contributed by atoms with Gasteiger partial charge in [-0.15, -0.1) is 16.8 Å². The number of nitrogens with zero attached hydrogens (tertiary/aromatic N) is 4. The summed E-state index contributed by atoms with van der Waals surface area (Å²) in [5.41, 5.74) is -1.13. The van der Waals surface area contributed by atoms with Crippen LogP contribution in [0.4, 0.5) is 10.5 Å². The number of hydroxylamine groups is 2. The maximum atomic E-state index is 14.4. The third-order valence-corrected chi connectivity index (χ3v) is 17.6. The van der Waals surface area contributed by atoms with Gasteiger partial charge in [-0.25, -0.2) is 14.4 Å². The lowest BCUT2D eigenvalue weighted by atomic mass is 9.83. The number of hydrogen-bond donors (Lipinski definition) is 2. The molecule has 3 fully saturated rings. The van der Waals surface area contributed by atoms with Crippen molar-refractivity contribution in [3.8, 4) is 5.75 Å². The van der Waals surface area contributed by atoms with Crippen LogP contribution in [0.15, 0.2) is 35.9 Å². The van der Waals surface area contributed by atoms with Crippen molar-refractivity contribution in [3.63, 3.8) is 0 Å². The van der Waals surface area contributed by atoms with Crippen molar-refractivity contribution in [2.75, 3.05) is 158 Å². The van der Waals surface area contributed by atoms with Gasteiger partial charge in [0.25, 0.3) is 11.8 Å². The second kappa shape index (κ2) is 40.1. The average Bonchev–Trinajstić information content (AvgIpc) is 1.58. The lowest BCUT2D eigenvalue weighted by Crippen LogP contribution is -2.63. The van der Waals surface area contributed by atoms with E-state index in [2.05, 4.69) is 5.32 Å². The molecule has 30 heteroatoms. The number of amides is 6. The number of epoxide rings is 1. The standard InChI is InChI=1S/C63H96ClN5O23S/c1-42-12-11-13-50(80-10)63(78)40-49(89-61(77)65-63)44(3)59-62(5,91-59)51(39-55(73)68(8)47-37-46(36-42)38-48(79-9)58(47)64)90-60(76)45(4)67(7)52(70)15-14-43(2)93-41-56(74)66(6)19-21-82-23-25-84-27-29-86-31-33-88-35-34-87-32-30-85-28-26-83-24-22-81-20-18-57(75)92-69-53(71)16-17-54(69)72/h11-13,37-38,43-45,49-51,59,78H,14-36,39-41H2,1-10H3,(H,65,77)/b13-11+,42-12+/t43?,44-,45+,49+,50-,51+,59+,62+,63+/m1/s1. The Morgan fingerprint density at radius 3 is 1.89 bits per heavy atom. The number of thioether (sulfide) groups is 1. The first-order valence-electron chi connectivity index (χ1n) is 31.3. The lowest BCUT2D eigenvalue weighted by Gasteiger charge is -2.42. The predicted octanol–water partition coefficient (Wildman–Crippen LogP) is 4.00. The first-order valence-corrected chi connectivity index (χ1v) is 32.7. The number of carbonyl (C=O) groups is 8. The van der Waals surface area contributed by atoms with E-state index in [0.717, 1.165) is 11.1 Å². The van der Waals surface area contributed by atoms with Crippen LogP contribution in [0.2, 0.25) is 5.02 Å². The number of halogens is 1. The Kier molecular flexibility index (Phi) is 33.7. The zero-order valence-electron chi connectivity index (χ0n) is 55.3. The summed E-state index contributed by atoms with van der Waals surface area (Å²) in [7, 11) is 7.65. The number of imide groups is 1. The molecule has 0 aromatic heterocycles. The molecular formula is C63H96ClN5O23S. The molecule has 2 N–H and O–H groups in total. The van der Waals surface area contributed by atoms with Crippen molar-refractivity contribution in [3.05, 3.63) is 46.5 Å². The van der Waals surface area contributed by atoms with Gasteiger partial charge in [0.15, 0.2) is 5.72 Å². The fourth-order valence-electron chi connectivity index (χ4n) is 10.1. The minimum atomic E-state index is -1.87. The van der Waals surface area contributed by atoms with E-state index in [-0.39, 0.29) is 79.6 Å². The molecule has 524 valence electrons. The number of alkyl carbamates (subject to hydrolysis) is 1. The number of allylic oxidation sites excluding steroid dienone is 3. The van der Waals surface area contributed by atoms with Gasteiger partial charge in [0.05, 0.1) is 143 Å². The van der Waals surface area contributed by atoms with Crippen LogP contribution in [0, 0.1) is 5.92 Å². The highest BCUT2D eigenvalue weighted by molar-refractivity contribution is 8.00. The highest BCUT2D eigenvalue weighted by Gasteiger charge is 2.64. The summed E-state index contributed by atoms with van der Waals surface area (Å²) in [5.74, 6) is -3.52. The quantitative estimate of drug-likeness (QED) is 0.0407. The van der Waals surface area contributed by atoms with Gasteiger partial charge in [0.1, 0.15) is 40.7 Å². The summed E-state index contributed by atoms with van der Waals surface area (Å²) >= 11 is 8.25. The molecule has 4 aliphatic heterocycles. The van der Waals surface area contributed by atoms with Crippen LogP contribution in [0.5, 0.6) is 5.75 Å². The number of aliphatic hydroxyl groups is 1. The maximum absolute atomic E-state index is 14.4. The van der Waals surface area contributed by atoms with E-state index in [9.17, 15) is 43.5 Å². The van der Waals surface area contributed by atoms with Gasteiger partial charge < -0.3 is 86.2 Å². The molecule has 0 saturated carbocycles. The number of hydrogen-bond acceptors (Lipinski definition) is 24. The van der Waals surface area contributed by atoms with Crippen LogP contribution < -0.4 is 15.0 Å². The van der Waals surface area contributed by atoms with E-state index in [0.29, 0.717) is 128 Å². The van der Waals surface area contributed by atoms with Crippen LogP contribution >= 0.6 is 23.4 Å². The van der Waals surface area contributed by atoms with Crippen LogP contribution in [-0.4, -0.2) is 268 Å².